The molecule has 2 rings (SSSR count). The number of methoxy groups -OCH3 is 1. The number of para-hydroxylation sites is 1. The minimum absolute atomic E-state index is 0.238. The highest BCUT2D eigenvalue weighted by Crippen LogP contribution is 2.28. The van der Waals surface area contributed by atoms with Crippen LogP contribution in [0.15, 0.2) is 30.3 Å². The monoisotopic (exact) mass is 204 g/mol. The molecule has 1 aromatic rings. The summed E-state index contributed by atoms with van der Waals surface area (Å²) in [5.74, 6) is -0.694. The highest BCUT2D eigenvalue weighted by Gasteiger charge is 2.26. The van der Waals surface area contributed by atoms with Gasteiger partial charge in [-0.05, 0) is 12.1 Å². The lowest BCUT2D eigenvalue weighted by Crippen LogP contribution is -2.05. The van der Waals surface area contributed by atoms with Crippen molar-refractivity contribution in [2.45, 2.75) is 0 Å². The third-order valence-electron chi connectivity index (χ3n) is 2.04. The molecular formula is C11H8O4. The van der Waals surface area contributed by atoms with Gasteiger partial charge < -0.3 is 9.47 Å². The number of ketones is 1. The van der Waals surface area contributed by atoms with E-state index in [1.165, 1.54) is 13.2 Å². The van der Waals surface area contributed by atoms with Crippen molar-refractivity contribution in [3.63, 3.8) is 0 Å². The molecule has 0 fully saturated rings. The Morgan fingerprint density at radius 3 is 2.53 bits per heavy atom. The number of ether oxygens (including phenoxy) is 2. The maximum Gasteiger partial charge on any atom is 0.384 e. The summed E-state index contributed by atoms with van der Waals surface area (Å²) in [5.41, 5.74) is 0.596. The van der Waals surface area contributed by atoms with Crippen molar-refractivity contribution < 1.29 is 19.1 Å². The molecule has 0 aromatic heterocycles. The fourth-order valence-corrected chi connectivity index (χ4v) is 1.34. The maximum atomic E-state index is 11.0. The summed E-state index contributed by atoms with van der Waals surface area (Å²) in [6, 6.07) is 7.01. The molecule has 0 N–H and O–H groups in total. The zero-order valence-corrected chi connectivity index (χ0v) is 8.02. The summed E-state index contributed by atoms with van der Waals surface area (Å²) in [6.45, 7) is 0. The summed E-state index contributed by atoms with van der Waals surface area (Å²) in [7, 11) is 1.51. The van der Waals surface area contributed by atoms with Crippen LogP contribution in [0.1, 0.15) is 5.56 Å². The van der Waals surface area contributed by atoms with Crippen LogP contribution in [0.2, 0.25) is 0 Å². The number of rotatable bonds is 2. The van der Waals surface area contributed by atoms with E-state index < -0.39 is 11.8 Å². The molecule has 0 saturated carbocycles. The van der Waals surface area contributed by atoms with Gasteiger partial charge in [-0.1, -0.05) is 12.1 Å². The van der Waals surface area contributed by atoms with Gasteiger partial charge in [0.1, 0.15) is 11.5 Å². The van der Waals surface area contributed by atoms with Crippen LogP contribution in [0.5, 0.6) is 5.75 Å². The Bertz CT molecular complexity index is 459. The smallest absolute Gasteiger partial charge is 0.384 e. The quantitative estimate of drug-likeness (QED) is 0.536. The lowest BCUT2D eigenvalue weighted by Gasteiger charge is -2.07. The first-order valence-electron chi connectivity index (χ1n) is 4.33. The van der Waals surface area contributed by atoms with Crippen molar-refractivity contribution >= 4 is 17.5 Å². The van der Waals surface area contributed by atoms with Gasteiger partial charge in [0.05, 0.1) is 12.7 Å². The Morgan fingerprint density at radius 1 is 1.20 bits per heavy atom. The molecule has 1 aliphatic rings. The van der Waals surface area contributed by atoms with Crippen LogP contribution in [0, 0.1) is 0 Å². The number of esters is 1. The Labute approximate surface area is 86.1 Å². The summed E-state index contributed by atoms with van der Waals surface area (Å²) >= 11 is 0. The van der Waals surface area contributed by atoms with Gasteiger partial charge in [-0.25, -0.2) is 4.79 Å². The van der Waals surface area contributed by atoms with E-state index in [4.69, 9.17) is 9.47 Å². The second kappa shape index (κ2) is 3.57. The third-order valence-corrected chi connectivity index (χ3v) is 2.04. The molecule has 76 valence electrons. The van der Waals surface area contributed by atoms with Crippen molar-refractivity contribution in [1.29, 1.82) is 0 Å². The van der Waals surface area contributed by atoms with Gasteiger partial charge in [-0.3, -0.25) is 4.79 Å². The summed E-state index contributed by atoms with van der Waals surface area (Å²) in [5, 5.41) is 0. The van der Waals surface area contributed by atoms with Crippen molar-refractivity contribution in [2.75, 3.05) is 7.11 Å². The number of cyclic esters (lactones) is 1. The van der Waals surface area contributed by atoms with Crippen LogP contribution >= 0.6 is 0 Å². The fraction of sp³-hybridized carbons (Fsp3) is 0.0909. The van der Waals surface area contributed by atoms with Gasteiger partial charge in [-0.2, -0.15) is 0 Å². The maximum absolute atomic E-state index is 11.0. The molecule has 0 radical (unpaired) electrons. The van der Waals surface area contributed by atoms with E-state index in [2.05, 4.69) is 0 Å². The molecule has 0 aliphatic carbocycles. The van der Waals surface area contributed by atoms with Crippen molar-refractivity contribution in [3.8, 4) is 5.75 Å². The molecule has 0 spiro atoms. The van der Waals surface area contributed by atoms with Crippen molar-refractivity contribution in [2.24, 2.45) is 0 Å². The first-order valence-corrected chi connectivity index (χ1v) is 4.33. The Morgan fingerprint density at radius 2 is 1.93 bits per heavy atom. The minimum atomic E-state index is -0.851. The highest BCUT2D eigenvalue weighted by atomic mass is 16.5. The fourth-order valence-electron chi connectivity index (χ4n) is 1.34. The molecule has 0 bridgehead atoms. The van der Waals surface area contributed by atoms with Crippen LogP contribution in [0.4, 0.5) is 0 Å². The Kier molecular flexibility index (Phi) is 2.25. The van der Waals surface area contributed by atoms with Crippen LogP contribution in [0.3, 0.4) is 0 Å². The Balaban J connectivity index is 2.43. The van der Waals surface area contributed by atoms with E-state index in [0.717, 1.165) is 0 Å². The molecular weight excluding hydrogens is 196 g/mol. The molecule has 1 heterocycles. The number of hydrogen-bond donors (Lipinski definition) is 0. The van der Waals surface area contributed by atoms with Gasteiger partial charge in [0.15, 0.2) is 0 Å². The number of hydrogen-bond acceptors (Lipinski definition) is 4. The number of carbonyl (C=O) groups excluding carboxylic acids is 2. The molecule has 0 amide bonds. The zero-order chi connectivity index (χ0) is 10.8. The molecule has 1 aromatic carbocycles. The van der Waals surface area contributed by atoms with Gasteiger partial charge in [0, 0.05) is 6.08 Å². The van der Waals surface area contributed by atoms with Crippen LogP contribution in [-0.2, 0) is 14.3 Å². The molecule has 0 saturated heterocycles. The van der Waals surface area contributed by atoms with Crippen molar-refractivity contribution in [3.05, 3.63) is 35.9 Å². The summed E-state index contributed by atoms with van der Waals surface area (Å²) in [4.78, 5) is 21.9. The van der Waals surface area contributed by atoms with Crippen LogP contribution in [-0.4, -0.2) is 18.9 Å². The van der Waals surface area contributed by atoms with Crippen LogP contribution in [0.25, 0.3) is 5.76 Å². The predicted molar refractivity (Wildman–Crippen MR) is 52.1 cm³/mol. The standard InChI is InChI=1S/C11H8O4/c1-14-9-5-3-2-4-7(9)10-6-8(12)11(13)15-10/h2-6H,1H3. The second-order valence-electron chi connectivity index (χ2n) is 2.96. The summed E-state index contributed by atoms with van der Waals surface area (Å²) in [6.07, 6.45) is 1.17. The highest BCUT2D eigenvalue weighted by molar-refractivity contribution is 6.43. The third kappa shape index (κ3) is 1.61. The topological polar surface area (TPSA) is 52.6 Å². The van der Waals surface area contributed by atoms with Gasteiger partial charge in [0.25, 0.3) is 5.78 Å². The molecule has 15 heavy (non-hydrogen) atoms. The first-order chi connectivity index (χ1) is 7.22. The van der Waals surface area contributed by atoms with E-state index in [-0.39, 0.29) is 5.76 Å². The summed E-state index contributed by atoms with van der Waals surface area (Å²) < 4.78 is 9.88. The molecule has 4 nitrogen and oxygen atoms in total. The van der Waals surface area contributed by atoms with E-state index in [1.807, 2.05) is 0 Å². The Hall–Kier alpha value is -2.10. The molecule has 1 aliphatic heterocycles. The number of carbonyl (C=O) groups is 2. The average Bonchev–Trinajstić information content (AvgIpc) is 2.59. The van der Waals surface area contributed by atoms with Crippen LogP contribution < -0.4 is 4.74 Å². The second-order valence-corrected chi connectivity index (χ2v) is 2.96. The van der Waals surface area contributed by atoms with Gasteiger partial charge in [-0.15, -0.1) is 0 Å². The average molecular weight is 204 g/mol. The van der Waals surface area contributed by atoms with E-state index >= 15 is 0 Å². The SMILES string of the molecule is COc1ccccc1C1=CC(=O)C(=O)O1. The van der Waals surface area contributed by atoms with E-state index in [9.17, 15) is 9.59 Å². The van der Waals surface area contributed by atoms with Gasteiger partial charge in [0.2, 0.25) is 0 Å². The van der Waals surface area contributed by atoms with E-state index in [0.29, 0.717) is 11.3 Å². The molecule has 0 atom stereocenters. The normalized spacial score (nSPS) is 14.9. The lowest BCUT2D eigenvalue weighted by atomic mass is 10.1. The van der Waals surface area contributed by atoms with Gasteiger partial charge >= 0.3 is 5.97 Å². The minimum Gasteiger partial charge on any atom is -0.496 e. The molecule has 4 heteroatoms. The largest absolute Gasteiger partial charge is 0.496 e. The zero-order valence-electron chi connectivity index (χ0n) is 8.02. The number of benzene rings is 1. The lowest BCUT2D eigenvalue weighted by molar-refractivity contribution is -0.144. The molecule has 0 unspecified atom stereocenters. The van der Waals surface area contributed by atoms with Crippen molar-refractivity contribution in [1.82, 2.24) is 0 Å². The first kappa shape index (κ1) is 9.45. The predicted octanol–water partition coefficient (Wildman–Crippen LogP) is 1.16. The van der Waals surface area contributed by atoms with E-state index in [1.54, 1.807) is 24.3 Å².